The predicted octanol–water partition coefficient (Wildman–Crippen LogP) is 2.60. The Labute approximate surface area is 139 Å². The fourth-order valence-corrected chi connectivity index (χ4v) is 2.44. The topological polar surface area (TPSA) is 76.7 Å². The van der Waals surface area contributed by atoms with Crippen molar-refractivity contribution < 1.29 is 19.1 Å². The molecule has 0 atom stereocenters. The van der Waals surface area contributed by atoms with Gasteiger partial charge in [0.1, 0.15) is 11.5 Å². The highest BCUT2D eigenvalue weighted by molar-refractivity contribution is 5.95. The summed E-state index contributed by atoms with van der Waals surface area (Å²) in [5.41, 5.74) is 2.34. The first kappa shape index (κ1) is 15.9. The van der Waals surface area contributed by atoms with Crippen molar-refractivity contribution in [2.24, 2.45) is 0 Å². The first-order chi connectivity index (χ1) is 11.6. The van der Waals surface area contributed by atoms with Gasteiger partial charge in [-0.15, -0.1) is 0 Å². The Morgan fingerprint density at radius 3 is 2.79 bits per heavy atom. The molecule has 24 heavy (non-hydrogen) atoms. The van der Waals surface area contributed by atoms with Crippen LogP contribution in [0.15, 0.2) is 42.5 Å². The SMILES string of the molecule is COc1ccc(NC(=O)CCc2ccc3c(c2)NC(=O)CO3)cc1. The van der Waals surface area contributed by atoms with E-state index in [0.29, 0.717) is 24.3 Å². The van der Waals surface area contributed by atoms with Crippen molar-refractivity contribution >= 4 is 23.2 Å². The van der Waals surface area contributed by atoms with Crippen LogP contribution in [0.4, 0.5) is 11.4 Å². The third kappa shape index (κ3) is 3.84. The molecule has 0 unspecified atom stereocenters. The van der Waals surface area contributed by atoms with Crippen LogP contribution >= 0.6 is 0 Å². The van der Waals surface area contributed by atoms with Crippen molar-refractivity contribution in [3.63, 3.8) is 0 Å². The molecular formula is C18H18N2O4. The number of ether oxygens (including phenoxy) is 2. The summed E-state index contributed by atoms with van der Waals surface area (Å²) in [5, 5.41) is 5.61. The number of carbonyl (C=O) groups is 2. The molecule has 0 spiro atoms. The van der Waals surface area contributed by atoms with Crippen LogP contribution in [0.25, 0.3) is 0 Å². The lowest BCUT2D eigenvalue weighted by Gasteiger charge is -2.18. The molecule has 0 aromatic heterocycles. The Bertz CT molecular complexity index is 756. The van der Waals surface area contributed by atoms with E-state index >= 15 is 0 Å². The molecule has 2 aromatic carbocycles. The van der Waals surface area contributed by atoms with E-state index in [9.17, 15) is 9.59 Å². The summed E-state index contributed by atoms with van der Waals surface area (Å²) in [6.07, 6.45) is 0.921. The fourth-order valence-electron chi connectivity index (χ4n) is 2.44. The van der Waals surface area contributed by atoms with Crippen molar-refractivity contribution in [3.8, 4) is 11.5 Å². The minimum atomic E-state index is -0.170. The molecule has 0 saturated carbocycles. The molecule has 6 heteroatoms. The number of rotatable bonds is 5. The largest absolute Gasteiger partial charge is 0.497 e. The highest BCUT2D eigenvalue weighted by Crippen LogP contribution is 2.28. The van der Waals surface area contributed by atoms with Crippen molar-refractivity contribution in [2.75, 3.05) is 24.4 Å². The van der Waals surface area contributed by atoms with Gasteiger partial charge in [-0.25, -0.2) is 0 Å². The van der Waals surface area contributed by atoms with Crippen molar-refractivity contribution in [2.45, 2.75) is 12.8 Å². The summed E-state index contributed by atoms with van der Waals surface area (Å²) in [4.78, 5) is 23.4. The highest BCUT2D eigenvalue weighted by Gasteiger charge is 2.16. The van der Waals surface area contributed by atoms with E-state index in [1.54, 1.807) is 31.4 Å². The smallest absolute Gasteiger partial charge is 0.262 e. The van der Waals surface area contributed by atoms with E-state index in [0.717, 1.165) is 17.0 Å². The van der Waals surface area contributed by atoms with Crippen LogP contribution in [0.3, 0.4) is 0 Å². The van der Waals surface area contributed by atoms with Gasteiger partial charge in [-0.05, 0) is 48.4 Å². The average Bonchev–Trinajstić information content (AvgIpc) is 2.60. The van der Waals surface area contributed by atoms with Gasteiger partial charge in [0.05, 0.1) is 12.8 Å². The number of hydrogen-bond acceptors (Lipinski definition) is 4. The van der Waals surface area contributed by atoms with E-state index in [1.807, 2.05) is 18.2 Å². The Morgan fingerprint density at radius 2 is 2.04 bits per heavy atom. The van der Waals surface area contributed by atoms with Gasteiger partial charge >= 0.3 is 0 Å². The second-order valence-corrected chi connectivity index (χ2v) is 5.44. The molecule has 124 valence electrons. The summed E-state index contributed by atoms with van der Waals surface area (Å²) < 4.78 is 10.4. The first-order valence-corrected chi connectivity index (χ1v) is 7.63. The maximum absolute atomic E-state index is 12.0. The van der Waals surface area contributed by atoms with Gasteiger partial charge < -0.3 is 20.1 Å². The molecule has 3 rings (SSSR count). The van der Waals surface area contributed by atoms with Crippen LogP contribution in [0.1, 0.15) is 12.0 Å². The van der Waals surface area contributed by atoms with E-state index in [1.165, 1.54) is 0 Å². The Morgan fingerprint density at radius 1 is 1.25 bits per heavy atom. The second kappa shape index (κ2) is 7.04. The quantitative estimate of drug-likeness (QED) is 0.885. The maximum atomic E-state index is 12.0. The summed E-state index contributed by atoms with van der Waals surface area (Å²) in [5.74, 6) is 1.16. The number of amides is 2. The van der Waals surface area contributed by atoms with Crippen LogP contribution in [-0.4, -0.2) is 25.5 Å². The number of carbonyl (C=O) groups excluding carboxylic acids is 2. The predicted molar refractivity (Wildman–Crippen MR) is 90.5 cm³/mol. The van der Waals surface area contributed by atoms with Gasteiger partial charge in [0.15, 0.2) is 6.61 Å². The number of methoxy groups -OCH3 is 1. The van der Waals surface area contributed by atoms with Crippen molar-refractivity contribution in [3.05, 3.63) is 48.0 Å². The molecular weight excluding hydrogens is 308 g/mol. The molecule has 2 N–H and O–H groups in total. The van der Waals surface area contributed by atoms with Gasteiger partial charge in [0.25, 0.3) is 5.91 Å². The molecule has 0 bridgehead atoms. The molecule has 2 aromatic rings. The van der Waals surface area contributed by atoms with E-state index in [4.69, 9.17) is 9.47 Å². The second-order valence-electron chi connectivity index (χ2n) is 5.44. The number of benzene rings is 2. The number of aryl methyl sites for hydroxylation is 1. The van der Waals surface area contributed by atoms with Crippen molar-refractivity contribution in [1.82, 2.24) is 0 Å². The van der Waals surface area contributed by atoms with Crippen LogP contribution in [0.5, 0.6) is 11.5 Å². The van der Waals surface area contributed by atoms with Gasteiger partial charge in [-0.2, -0.15) is 0 Å². The molecule has 0 fully saturated rings. The number of fused-ring (bicyclic) bond motifs is 1. The van der Waals surface area contributed by atoms with Crippen LogP contribution in [0.2, 0.25) is 0 Å². The molecule has 0 aliphatic carbocycles. The number of nitrogens with one attached hydrogen (secondary N) is 2. The van der Waals surface area contributed by atoms with Gasteiger partial charge in [0, 0.05) is 12.1 Å². The summed E-state index contributed by atoms with van der Waals surface area (Å²) in [6, 6.07) is 12.7. The van der Waals surface area contributed by atoms with Crippen molar-refractivity contribution in [1.29, 1.82) is 0 Å². The minimum Gasteiger partial charge on any atom is -0.497 e. The molecule has 1 aliphatic heterocycles. The van der Waals surface area contributed by atoms with Crippen LogP contribution in [0, 0.1) is 0 Å². The molecule has 1 aliphatic rings. The summed E-state index contributed by atoms with van der Waals surface area (Å²) >= 11 is 0. The lowest BCUT2D eigenvalue weighted by Crippen LogP contribution is -2.25. The van der Waals surface area contributed by atoms with E-state index < -0.39 is 0 Å². The zero-order chi connectivity index (χ0) is 16.9. The van der Waals surface area contributed by atoms with E-state index in [2.05, 4.69) is 10.6 Å². The third-order valence-corrected chi connectivity index (χ3v) is 3.69. The number of anilines is 2. The Hall–Kier alpha value is -3.02. The first-order valence-electron chi connectivity index (χ1n) is 7.63. The lowest BCUT2D eigenvalue weighted by molar-refractivity contribution is -0.118. The zero-order valence-electron chi connectivity index (χ0n) is 13.3. The molecule has 2 amide bonds. The third-order valence-electron chi connectivity index (χ3n) is 3.69. The van der Waals surface area contributed by atoms with Gasteiger partial charge in [-0.1, -0.05) is 6.07 Å². The lowest BCUT2D eigenvalue weighted by atomic mass is 10.1. The van der Waals surface area contributed by atoms with Gasteiger partial charge in [0.2, 0.25) is 5.91 Å². The Kier molecular flexibility index (Phi) is 4.65. The average molecular weight is 326 g/mol. The minimum absolute atomic E-state index is 0.0383. The van der Waals surface area contributed by atoms with Gasteiger partial charge in [-0.3, -0.25) is 9.59 Å². The molecule has 0 radical (unpaired) electrons. The maximum Gasteiger partial charge on any atom is 0.262 e. The van der Waals surface area contributed by atoms with Crippen LogP contribution in [-0.2, 0) is 16.0 Å². The molecule has 1 heterocycles. The highest BCUT2D eigenvalue weighted by atomic mass is 16.5. The molecule has 0 saturated heterocycles. The summed E-state index contributed by atoms with van der Waals surface area (Å²) in [6.45, 7) is 0.0383. The summed E-state index contributed by atoms with van der Waals surface area (Å²) in [7, 11) is 1.60. The Balaban J connectivity index is 1.56. The fraction of sp³-hybridized carbons (Fsp3) is 0.222. The molecule has 6 nitrogen and oxygen atoms in total. The normalized spacial score (nSPS) is 12.6. The standard InChI is InChI=1S/C18H18N2O4/c1-23-14-6-4-13(5-7-14)19-17(21)9-3-12-2-8-16-15(10-12)20-18(22)11-24-16/h2,4-8,10H,3,9,11H2,1H3,(H,19,21)(H,20,22). The zero-order valence-corrected chi connectivity index (χ0v) is 13.3. The number of hydrogen-bond donors (Lipinski definition) is 2. The van der Waals surface area contributed by atoms with Crippen LogP contribution < -0.4 is 20.1 Å². The van der Waals surface area contributed by atoms with E-state index in [-0.39, 0.29) is 18.4 Å². The monoisotopic (exact) mass is 326 g/mol.